The highest BCUT2D eigenvalue weighted by atomic mass is 32.2. The van der Waals surface area contributed by atoms with E-state index in [9.17, 15) is 13.2 Å². The van der Waals surface area contributed by atoms with Gasteiger partial charge in [-0.1, -0.05) is 0 Å². The quantitative estimate of drug-likeness (QED) is 0.552. The summed E-state index contributed by atoms with van der Waals surface area (Å²) in [6.45, 7) is 1.16. The van der Waals surface area contributed by atoms with E-state index in [1.807, 2.05) is 0 Å². The summed E-state index contributed by atoms with van der Waals surface area (Å²) in [7, 11) is -3.24. The third-order valence-corrected chi connectivity index (χ3v) is 3.45. The first kappa shape index (κ1) is 8.67. The summed E-state index contributed by atoms with van der Waals surface area (Å²) in [5.41, 5.74) is 0. The number of carbonyl (C=O) groups is 1. The lowest BCUT2D eigenvalue weighted by atomic mass is 10.4. The second kappa shape index (κ2) is 3.32. The van der Waals surface area contributed by atoms with Crippen molar-refractivity contribution in [3.8, 4) is 0 Å². The molecule has 0 radical (unpaired) electrons. The fourth-order valence-corrected chi connectivity index (χ4v) is 2.36. The molecule has 0 spiro atoms. The van der Waals surface area contributed by atoms with Crippen LogP contribution in [0.15, 0.2) is 0 Å². The van der Waals surface area contributed by atoms with Gasteiger partial charge in [-0.05, 0) is 12.8 Å². The summed E-state index contributed by atoms with van der Waals surface area (Å²) in [5, 5.41) is 0. The van der Waals surface area contributed by atoms with Crippen molar-refractivity contribution in [1.29, 1.82) is 0 Å². The molecule has 4 nitrogen and oxygen atoms in total. The summed E-state index contributed by atoms with van der Waals surface area (Å²) in [5.74, 6) is -0.368. The van der Waals surface area contributed by atoms with Crippen LogP contribution in [-0.2, 0) is 14.8 Å². The Hall–Kier alpha value is -0.420. The maximum absolute atomic E-state index is 11.1. The van der Waals surface area contributed by atoms with E-state index in [0.717, 1.165) is 12.8 Å². The van der Waals surface area contributed by atoms with Gasteiger partial charge >= 0.3 is 0 Å². The lowest BCUT2D eigenvalue weighted by Crippen LogP contribution is -2.30. The minimum absolute atomic E-state index is 0.368. The van der Waals surface area contributed by atoms with Crippen LogP contribution >= 0.6 is 0 Å². The van der Waals surface area contributed by atoms with Crippen LogP contribution in [0.2, 0.25) is 0 Å². The summed E-state index contributed by atoms with van der Waals surface area (Å²) in [6.07, 6.45) is 2.27. The maximum Gasteiger partial charge on any atom is 0.220 e. The molecular formula is C6H11NO3S. The van der Waals surface area contributed by atoms with Crippen LogP contribution in [0.5, 0.6) is 0 Å². The standard InChI is InChI=1S/C6H11NO3S/c8-5-6-11(9,10)7-3-1-2-4-7/h5H,1-4,6H2. The fraction of sp³-hybridized carbons (Fsp3) is 0.833. The minimum Gasteiger partial charge on any atom is -0.302 e. The van der Waals surface area contributed by atoms with Gasteiger partial charge in [0, 0.05) is 13.1 Å². The van der Waals surface area contributed by atoms with E-state index in [4.69, 9.17) is 0 Å². The molecular weight excluding hydrogens is 166 g/mol. The third kappa shape index (κ3) is 2.00. The average Bonchev–Trinajstić information content (AvgIpc) is 2.37. The highest BCUT2D eigenvalue weighted by Gasteiger charge is 2.24. The Morgan fingerprint density at radius 1 is 1.27 bits per heavy atom. The van der Waals surface area contributed by atoms with Crippen molar-refractivity contribution >= 4 is 16.3 Å². The van der Waals surface area contributed by atoms with Crippen molar-refractivity contribution in [2.45, 2.75) is 12.8 Å². The van der Waals surface area contributed by atoms with Crippen molar-refractivity contribution in [3.05, 3.63) is 0 Å². The van der Waals surface area contributed by atoms with Gasteiger partial charge in [0.15, 0.2) is 0 Å². The molecule has 11 heavy (non-hydrogen) atoms. The van der Waals surface area contributed by atoms with E-state index in [0.29, 0.717) is 19.4 Å². The van der Waals surface area contributed by atoms with E-state index in [1.54, 1.807) is 0 Å². The molecule has 0 aromatic rings. The SMILES string of the molecule is O=CCS(=O)(=O)N1CCCC1. The molecule has 0 atom stereocenters. The molecule has 1 fully saturated rings. The third-order valence-electron chi connectivity index (χ3n) is 1.74. The van der Waals surface area contributed by atoms with E-state index in [1.165, 1.54) is 4.31 Å². The lowest BCUT2D eigenvalue weighted by Gasteiger charge is -2.12. The Bertz CT molecular complexity index is 228. The molecule has 1 aliphatic rings. The highest BCUT2D eigenvalue weighted by Crippen LogP contribution is 2.11. The zero-order chi connectivity index (χ0) is 8.32. The van der Waals surface area contributed by atoms with Gasteiger partial charge in [0.1, 0.15) is 12.0 Å². The number of sulfonamides is 1. The summed E-state index contributed by atoms with van der Waals surface area (Å²) in [6, 6.07) is 0. The van der Waals surface area contributed by atoms with Crippen molar-refractivity contribution in [3.63, 3.8) is 0 Å². The molecule has 0 bridgehead atoms. The van der Waals surface area contributed by atoms with Crippen LogP contribution in [0.3, 0.4) is 0 Å². The van der Waals surface area contributed by atoms with Crippen molar-refractivity contribution < 1.29 is 13.2 Å². The Morgan fingerprint density at radius 2 is 1.82 bits per heavy atom. The second-order valence-electron chi connectivity index (χ2n) is 2.55. The number of rotatable bonds is 3. The first-order valence-corrected chi connectivity index (χ1v) is 5.19. The fourth-order valence-electron chi connectivity index (χ4n) is 1.16. The van der Waals surface area contributed by atoms with Crippen molar-refractivity contribution in [1.82, 2.24) is 4.31 Å². The molecule has 0 aromatic carbocycles. The number of hydrogen-bond acceptors (Lipinski definition) is 3. The molecule has 0 saturated carbocycles. The first-order valence-electron chi connectivity index (χ1n) is 3.58. The van der Waals surface area contributed by atoms with Crippen LogP contribution in [0.4, 0.5) is 0 Å². The van der Waals surface area contributed by atoms with Gasteiger partial charge in [0.2, 0.25) is 10.0 Å². The molecule has 0 aliphatic carbocycles. The molecule has 0 N–H and O–H groups in total. The Kier molecular flexibility index (Phi) is 2.62. The topological polar surface area (TPSA) is 54.5 Å². The average molecular weight is 177 g/mol. The molecule has 0 aromatic heterocycles. The molecule has 1 rings (SSSR count). The predicted octanol–water partition coefficient (Wildman–Crippen LogP) is -0.389. The number of aldehydes is 1. The van der Waals surface area contributed by atoms with Gasteiger partial charge in [0.25, 0.3) is 0 Å². The van der Waals surface area contributed by atoms with Crippen LogP contribution in [0.25, 0.3) is 0 Å². The largest absolute Gasteiger partial charge is 0.302 e. The van der Waals surface area contributed by atoms with Crippen LogP contribution in [-0.4, -0.2) is 37.9 Å². The van der Waals surface area contributed by atoms with E-state index in [-0.39, 0.29) is 5.75 Å². The van der Waals surface area contributed by atoms with Gasteiger partial charge in [-0.2, -0.15) is 0 Å². The Labute approximate surface area is 66.2 Å². The van der Waals surface area contributed by atoms with Crippen molar-refractivity contribution in [2.75, 3.05) is 18.8 Å². The van der Waals surface area contributed by atoms with Crippen LogP contribution in [0.1, 0.15) is 12.8 Å². The number of hydrogen-bond donors (Lipinski definition) is 0. The lowest BCUT2D eigenvalue weighted by molar-refractivity contribution is -0.105. The Balaban J connectivity index is 2.63. The summed E-state index contributed by atoms with van der Waals surface area (Å²) < 4.78 is 23.6. The van der Waals surface area contributed by atoms with E-state index in [2.05, 4.69) is 0 Å². The summed E-state index contributed by atoms with van der Waals surface area (Å²) >= 11 is 0. The molecule has 0 unspecified atom stereocenters. The van der Waals surface area contributed by atoms with Gasteiger partial charge in [-0.15, -0.1) is 0 Å². The smallest absolute Gasteiger partial charge is 0.220 e. The van der Waals surface area contributed by atoms with Gasteiger partial charge in [-0.3, -0.25) is 0 Å². The van der Waals surface area contributed by atoms with Crippen LogP contribution in [0, 0.1) is 0 Å². The molecule has 0 amide bonds. The van der Waals surface area contributed by atoms with E-state index < -0.39 is 10.0 Å². The Morgan fingerprint density at radius 3 is 2.27 bits per heavy atom. The number of carbonyl (C=O) groups excluding carboxylic acids is 1. The monoisotopic (exact) mass is 177 g/mol. The predicted molar refractivity (Wildman–Crippen MR) is 40.7 cm³/mol. The maximum atomic E-state index is 11.1. The minimum atomic E-state index is -3.24. The van der Waals surface area contributed by atoms with Gasteiger partial charge in [-0.25, -0.2) is 12.7 Å². The zero-order valence-corrected chi connectivity index (χ0v) is 7.01. The van der Waals surface area contributed by atoms with Gasteiger partial charge in [0.05, 0.1) is 0 Å². The van der Waals surface area contributed by atoms with Crippen molar-refractivity contribution in [2.24, 2.45) is 0 Å². The highest BCUT2D eigenvalue weighted by molar-refractivity contribution is 7.89. The molecule has 5 heteroatoms. The number of nitrogens with zero attached hydrogens (tertiary/aromatic N) is 1. The second-order valence-corrected chi connectivity index (χ2v) is 4.56. The molecule has 64 valence electrons. The molecule has 1 aliphatic heterocycles. The summed E-state index contributed by atoms with van der Waals surface area (Å²) in [4.78, 5) is 9.97. The molecule has 1 heterocycles. The zero-order valence-electron chi connectivity index (χ0n) is 6.19. The molecule has 1 saturated heterocycles. The van der Waals surface area contributed by atoms with E-state index >= 15 is 0 Å². The normalized spacial score (nSPS) is 20.4. The van der Waals surface area contributed by atoms with Crippen LogP contribution < -0.4 is 0 Å². The first-order chi connectivity index (χ1) is 5.17. The van der Waals surface area contributed by atoms with Gasteiger partial charge < -0.3 is 4.79 Å².